The average Bonchev–Trinajstić information content (AvgIpc) is 3.16. The molecule has 0 saturated heterocycles. The molecule has 24 heavy (non-hydrogen) atoms. The lowest BCUT2D eigenvalue weighted by Gasteiger charge is -2.16. The van der Waals surface area contributed by atoms with Crippen LogP contribution in [0.5, 0.6) is 0 Å². The average molecular weight is 321 g/mol. The fourth-order valence-electron chi connectivity index (χ4n) is 2.33. The smallest absolute Gasteiger partial charge is 0.255 e. The molecule has 1 amide bonds. The van der Waals surface area contributed by atoms with Crippen LogP contribution in [0.15, 0.2) is 61.2 Å². The van der Waals surface area contributed by atoms with Gasteiger partial charge in [-0.25, -0.2) is 0 Å². The molecule has 6 heteroatoms. The fourth-order valence-corrected chi connectivity index (χ4v) is 2.33. The monoisotopic (exact) mass is 321 g/mol. The molecule has 1 aromatic heterocycles. The molecule has 0 saturated carbocycles. The van der Waals surface area contributed by atoms with E-state index < -0.39 is 0 Å². The second kappa shape index (κ2) is 6.95. The van der Waals surface area contributed by atoms with Crippen molar-refractivity contribution >= 4 is 17.3 Å². The van der Waals surface area contributed by atoms with Crippen LogP contribution in [0.4, 0.5) is 11.4 Å². The highest BCUT2D eigenvalue weighted by Gasteiger charge is 2.08. The van der Waals surface area contributed by atoms with Gasteiger partial charge in [-0.05, 0) is 49.4 Å². The van der Waals surface area contributed by atoms with Crippen molar-refractivity contribution in [1.82, 2.24) is 14.8 Å². The Kier molecular flexibility index (Phi) is 4.56. The predicted molar refractivity (Wildman–Crippen MR) is 94.7 cm³/mol. The zero-order chi connectivity index (χ0) is 16.9. The first-order chi connectivity index (χ1) is 11.7. The summed E-state index contributed by atoms with van der Waals surface area (Å²) in [7, 11) is 2.02. The van der Waals surface area contributed by atoms with Crippen LogP contribution in [0.1, 0.15) is 17.3 Å². The maximum atomic E-state index is 12.4. The lowest BCUT2D eigenvalue weighted by atomic mass is 10.1. The maximum Gasteiger partial charge on any atom is 0.255 e. The first kappa shape index (κ1) is 15.7. The van der Waals surface area contributed by atoms with Gasteiger partial charge >= 0.3 is 0 Å². The van der Waals surface area contributed by atoms with Gasteiger partial charge in [-0.15, -0.1) is 10.2 Å². The molecule has 122 valence electrons. The Bertz CT molecular complexity index is 812. The van der Waals surface area contributed by atoms with E-state index in [1.165, 1.54) is 0 Å². The van der Waals surface area contributed by atoms with Crippen LogP contribution >= 0.6 is 0 Å². The summed E-state index contributed by atoms with van der Waals surface area (Å²) in [5, 5.41) is 10.5. The Balaban J connectivity index is 1.74. The summed E-state index contributed by atoms with van der Waals surface area (Å²) in [5.74, 6) is -0.137. The van der Waals surface area contributed by atoms with Gasteiger partial charge in [0.25, 0.3) is 5.91 Å². The van der Waals surface area contributed by atoms with E-state index in [1.807, 2.05) is 55.6 Å². The molecule has 0 fully saturated rings. The van der Waals surface area contributed by atoms with Gasteiger partial charge < -0.3 is 10.2 Å². The Morgan fingerprint density at radius 2 is 1.83 bits per heavy atom. The van der Waals surface area contributed by atoms with Gasteiger partial charge in [-0.1, -0.05) is 6.07 Å². The number of benzene rings is 2. The third-order valence-corrected chi connectivity index (χ3v) is 3.87. The summed E-state index contributed by atoms with van der Waals surface area (Å²) in [5.41, 5.74) is 3.32. The van der Waals surface area contributed by atoms with Crippen LogP contribution < -0.4 is 10.2 Å². The van der Waals surface area contributed by atoms with Crippen molar-refractivity contribution in [2.45, 2.75) is 6.92 Å². The molecule has 1 heterocycles. The predicted octanol–water partition coefficient (Wildman–Crippen LogP) is 2.98. The second-order valence-electron chi connectivity index (χ2n) is 5.43. The van der Waals surface area contributed by atoms with E-state index in [4.69, 9.17) is 0 Å². The third-order valence-electron chi connectivity index (χ3n) is 3.87. The Hall–Kier alpha value is -3.15. The first-order valence-electron chi connectivity index (χ1n) is 7.75. The van der Waals surface area contributed by atoms with Crippen LogP contribution in [0.3, 0.4) is 0 Å². The Labute approximate surface area is 140 Å². The van der Waals surface area contributed by atoms with E-state index in [1.54, 1.807) is 17.2 Å². The molecule has 3 aromatic rings. The number of rotatable bonds is 5. The molecule has 3 rings (SSSR count). The number of hydrogen-bond donors (Lipinski definition) is 1. The van der Waals surface area contributed by atoms with Crippen LogP contribution in [-0.4, -0.2) is 34.3 Å². The molecule has 0 aliphatic heterocycles. The molecule has 0 unspecified atom stereocenters. The van der Waals surface area contributed by atoms with Crippen molar-refractivity contribution in [2.75, 3.05) is 23.8 Å². The lowest BCUT2D eigenvalue weighted by molar-refractivity contribution is 0.102. The van der Waals surface area contributed by atoms with Crippen LogP contribution in [0.25, 0.3) is 5.69 Å². The van der Waals surface area contributed by atoms with Crippen molar-refractivity contribution in [3.8, 4) is 5.69 Å². The standard InChI is InChI=1S/C18H19N5O/c1-3-22(2)16-9-7-14(8-10-16)18(24)21-15-5-4-6-17(11-15)23-12-19-20-13-23/h4-13H,3H2,1-2H3,(H,21,24). The van der Waals surface area contributed by atoms with Crippen LogP contribution in [0, 0.1) is 0 Å². The van der Waals surface area contributed by atoms with E-state index in [0.29, 0.717) is 5.56 Å². The largest absolute Gasteiger partial charge is 0.375 e. The highest BCUT2D eigenvalue weighted by Crippen LogP contribution is 2.17. The number of aromatic nitrogens is 3. The van der Waals surface area contributed by atoms with Gasteiger partial charge in [0, 0.05) is 30.5 Å². The van der Waals surface area contributed by atoms with E-state index in [2.05, 4.69) is 27.3 Å². The number of nitrogens with zero attached hydrogens (tertiary/aromatic N) is 4. The highest BCUT2D eigenvalue weighted by molar-refractivity contribution is 6.04. The number of nitrogens with one attached hydrogen (secondary N) is 1. The summed E-state index contributed by atoms with van der Waals surface area (Å²) < 4.78 is 1.78. The molecule has 0 aliphatic carbocycles. The molecule has 0 bridgehead atoms. The minimum absolute atomic E-state index is 0.137. The molecule has 0 aliphatic rings. The minimum Gasteiger partial charge on any atom is -0.375 e. The van der Waals surface area contributed by atoms with Crippen molar-refractivity contribution in [3.05, 3.63) is 66.7 Å². The van der Waals surface area contributed by atoms with Gasteiger partial charge in [0.05, 0.1) is 5.69 Å². The normalized spacial score (nSPS) is 10.4. The van der Waals surface area contributed by atoms with E-state index in [-0.39, 0.29) is 5.91 Å². The maximum absolute atomic E-state index is 12.4. The van der Waals surface area contributed by atoms with Gasteiger partial charge in [0.15, 0.2) is 0 Å². The summed E-state index contributed by atoms with van der Waals surface area (Å²) in [6.07, 6.45) is 3.23. The summed E-state index contributed by atoms with van der Waals surface area (Å²) in [6.45, 7) is 3.00. The zero-order valence-corrected chi connectivity index (χ0v) is 13.7. The highest BCUT2D eigenvalue weighted by atomic mass is 16.1. The summed E-state index contributed by atoms with van der Waals surface area (Å²) in [4.78, 5) is 14.5. The summed E-state index contributed by atoms with van der Waals surface area (Å²) in [6, 6.07) is 15.1. The second-order valence-corrected chi connectivity index (χ2v) is 5.43. The van der Waals surface area contributed by atoms with E-state index >= 15 is 0 Å². The topological polar surface area (TPSA) is 63.1 Å². The number of carbonyl (C=O) groups excluding carboxylic acids is 1. The molecular formula is C18H19N5O. The molecule has 1 N–H and O–H groups in total. The number of amides is 1. The van der Waals surface area contributed by atoms with Crippen molar-refractivity contribution < 1.29 is 4.79 Å². The third kappa shape index (κ3) is 3.43. The molecule has 0 radical (unpaired) electrons. The molecular weight excluding hydrogens is 302 g/mol. The SMILES string of the molecule is CCN(C)c1ccc(C(=O)Nc2cccc(-n3cnnc3)c2)cc1. The van der Waals surface area contributed by atoms with Crippen molar-refractivity contribution in [3.63, 3.8) is 0 Å². The Morgan fingerprint density at radius 3 is 2.50 bits per heavy atom. The number of hydrogen-bond acceptors (Lipinski definition) is 4. The van der Waals surface area contributed by atoms with Gasteiger partial charge in [-0.2, -0.15) is 0 Å². The Morgan fingerprint density at radius 1 is 1.12 bits per heavy atom. The van der Waals surface area contributed by atoms with Crippen molar-refractivity contribution in [2.24, 2.45) is 0 Å². The fraction of sp³-hybridized carbons (Fsp3) is 0.167. The molecule has 2 aromatic carbocycles. The lowest BCUT2D eigenvalue weighted by Crippen LogP contribution is -2.16. The van der Waals surface area contributed by atoms with Gasteiger partial charge in [-0.3, -0.25) is 9.36 Å². The van der Waals surface area contributed by atoms with Crippen molar-refractivity contribution in [1.29, 1.82) is 0 Å². The van der Waals surface area contributed by atoms with Crippen LogP contribution in [0.2, 0.25) is 0 Å². The number of anilines is 2. The summed E-state index contributed by atoms with van der Waals surface area (Å²) >= 11 is 0. The minimum atomic E-state index is -0.137. The van der Waals surface area contributed by atoms with Gasteiger partial charge in [0.2, 0.25) is 0 Å². The first-order valence-corrected chi connectivity index (χ1v) is 7.75. The molecule has 6 nitrogen and oxygen atoms in total. The number of carbonyl (C=O) groups is 1. The van der Waals surface area contributed by atoms with E-state index in [9.17, 15) is 4.79 Å². The molecule has 0 spiro atoms. The van der Waals surface area contributed by atoms with Crippen LogP contribution in [-0.2, 0) is 0 Å². The van der Waals surface area contributed by atoms with E-state index in [0.717, 1.165) is 23.6 Å². The molecule has 0 atom stereocenters. The quantitative estimate of drug-likeness (QED) is 0.785. The zero-order valence-electron chi connectivity index (χ0n) is 13.7. The van der Waals surface area contributed by atoms with Gasteiger partial charge in [0.1, 0.15) is 12.7 Å².